The second-order valence-corrected chi connectivity index (χ2v) is 10.2. The first-order chi connectivity index (χ1) is 21.1. The van der Waals surface area contributed by atoms with Crippen LogP contribution in [0.5, 0.6) is 23.0 Å². The minimum Gasteiger partial charge on any atom is -0.496 e. The highest BCUT2D eigenvalue weighted by atomic mass is 16.8. The summed E-state index contributed by atoms with van der Waals surface area (Å²) in [6.45, 7) is -1.47. The molecule has 0 spiro atoms. The quantitative estimate of drug-likeness (QED) is 0.127. The first-order valence-corrected chi connectivity index (χ1v) is 13.5. The van der Waals surface area contributed by atoms with Crippen LogP contribution in [0.1, 0.15) is 0 Å². The third kappa shape index (κ3) is 5.54. The molecule has 2 fully saturated rings. The molecule has 3 aromatic rings. The van der Waals surface area contributed by atoms with Crippen molar-refractivity contribution in [3.8, 4) is 23.0 Å². The Bertz CT molecular complexity index is 1520. The standard InChI is InChI=1S/C28H34O16/c1-37-12-4-5-13(38-2)25-17(12)18(31)11-6-10(7-14(39-3)24(11)43-25)40-28-26(22(35)20(33)16(9-30)42-28)44-27-23(36)21(34)19(32)15(8-29)41-27/h4-7,15-16,19-23,26-30,32-36H,8-9H2,1-3H3/t15-,16-,19-,20+,21+,22+,23-,26-,27+,28-/m1/s1. The van der Waals surface area contributed by atoms with Crippen LogP contribution in [-0.2, 0) is 14.2 Å². The predicted octanol–water partition coefficient (Wildman–Crippen LogP) is -2.03. The number of hydrogen-bond donors (Lipinski definition) is 7. The topological polar surface area (TPSA) is 236 Å². The summed E-state index contributed by atoms with van der Waals surface area (Å²) >= 11 is 0. The number of rotatable bonds is 9. The molecule has 7 N–H and O–H groups in total. The first kappa shape index (κ1) is 32.1. The van der Waals surface area contributed by atoms with Crippen molar-refractivity contribution in [1.82, 2.24) is 0 Å². The Kier molecular flexibility index (Phi) is 9.47. The zero-order valence-corrected chi connectivity index (χ0v) is 23.8. The van der Waals surface area contributed by atoms with E-state index in [1.165, 1.54) is 33.5 Å². The summed E-state index contributed by atoms with van der Waals surface area (Å²) in [5.74, 6) is 0.486. The van der Waals surface area contributed by atoms with Crippen molar-refractivity contribution in [1.29, 1.82) is 0 Å². The van der Waals surface area contributed by atoms with Crippen LogP contribution in [-0.4, -0.2) is 132 Å². The molecule has 0 unspecified atom stereocenters. The number of fused-ring (bicyclic) bond motifs is 2. The van der Waals surface area contributed by atoms with Gasteiger partial charge in [0.1, 0.15) is 59.6 Å². The van der Waals surface area contributed by atoms with Crippen LogP contribution in [0.2, 0.25) is 0 Å². The van der Waals surface area contributed by atoms with Gasteiger partial charge >= 0.3 is 0 Å². The summed E-state index contributed by atoms with van der Waals surface area (Å²) in [5.41, 5.74) is -0.364. The molecule has 16 nitrogen and oxygen atoms in total. The molecule has 0 aliphatic carbocycles. The molecule has 2 saturated heterocycles. The summed E-state index contributed by atoms with van der Waals surface area (Å²) in [4.78, 5) is 13.7. The van der Waals surface area contributed by atoms with E-state index >= 15 is 0 Å². The molecule has 10 atom stereocenters. The predicted molar refractivity (Wildman–Crippen MR) is 147 cm³/mol. The van der Waals surface area contributed by atoms with E-state index in [0.717, 1.165) is 0 Å². The molecular weight excluding hydrogens is 592 g/mol. The van der Waals surface area contributed by atoms with Gasteiger partial charge in [-0.15, -0.1) is 0 Å². The second-order valence-electron chi connectivity index (χ2n) is 10.2. The molecule has 16 heteroatoms. The average Bonchev–Trinajstić information content (AvgIpc) is 3.03. The van der Waals surface area contributed by atoms with E-state index in [1.54, 1.807) is 12.1 Å². The summed E-state index contributed by atoms with van der Waals surface area (Å²) < 4.78 is 45.0. The van der Waals surface area contributed by atoms with Gasteiger partial charge in [-0.05, 0) is 18.2 Å². The lowest BCUT2D eigenvalue weighted by Gasteiger charge is -2.45. The summed E-state index contributed by atoms with van der Waals surface area (Å²) in [6.07, 6.45) is -16.5. The molecule has 3 heterocycles. The first-order valence-electron chi connectivity index (χ1n) is 13.5. The van der Waals surface area contributed by atoms with Crippen LogP contribution in [0.4, 0.5) is 0 Å². The lowest BCUT2D eigenvalue weighted by molar-refractivity contribution is -0.357. The maximum atomic E-state index is 13.7. The van der Waals surface area contributed by atoms with E-state index < -0.39 is 80.1 Å². The van der Waals surface area contributed by atoms with Gasteiger partial charge in [-0.2, -0.15) is 0 Å². The van der Waals surface area contributed by atoms with E-state index in [1.807, 2.05) is 0 Å². The van der Waals surface area contributed by atoms with Crippen molar-refractivity contribution in [2.75, 3.05) is 34.5 Å². The average molecular weight is 627 g/mol. The molecule has 2 aromatic carbocycles. The zero-order chi connectivity index (χ0) is 31.9. The number of benzene rings is 2. The van der Waals surface area contributed by atoms with Crippen LogP contribution in [0.3, 0.4) is 0 Å². The van der Waals surface area contributed by atoms with E-state index in [9.17, 15) is 40.5 Å². The Morgan fingerprint density at radius 1 is 0.705 bits per heavy atom. The van der Waals surface area contributed by atoms with E-state index in [2.05, 4.69) is 0 Å². The van der Waals surface area contributed by atoms with Crippen LogP contribution < -0.4 is 24.4 Å². The summed E-state index contributed by atoms with van der Waals surface area (Å²) in [5, 5.41) is 71.6. The fraction of sp³-hybridized carbons (Fsp3) is 0.536. The third-order valence-electron chi connectivity index (χ3n) is 7.66. The molecule has 2 aliphatic rings. The Morgan fingerprint density at radius 2 is 1.30 bits per heavy atom. The molecule has 2 aliphatic heterocycles. The molecular formula is C28H34O16. The minimum atomic E-state index is -1.85. The molecule has 0 saturated carbocycles. The monoisotopic (exact) mass is 626 g/mol. The van der Waals surface area contributed by atoms with Crippen LogP contribution >= 0.6 is 0 Å². The van der Waals surface area contributed by atoms with Gasteiger partial charge in [-0.1, -0.05) is 0 Å². The molecule has 1 aromatic heterocycles. The zero-order valence-electron chi connectivity index (χ0n) is 23.8. The van der Waals surface area contributed by atoms with E-state index in [-0.39, 0.29) is 44.9 Å². The van der Waals surface area contributed by atoms with E-state index in [4.69, 9.17) is 37.6 Å². The molecule has 242 valence electrons. The Hall–Kier alpha value is -3.29. The molecule has 0 radical (unpaired) electrons. The number of methoxy groups -OCH3 is 3. The van der Waals surface area contributed by atoms with Gasteiger partial charge < -0.3 is 73.3 Å². The Morgan fingerprint density at radius 3 is 1.91 bits per heavy atom. The van der Waals surface area contributed by atoms with Crippen molar-refractivity contribution < 1.29 is 73.3 Å². The van der Waals surface area contributed by atoms with Gasteiger partial charge in [-0.3, -0.25) is 4.79 Å². The number of hydrogen-bond acceptors (Lipinski definition) is 16. The van der Waals surface area contributed by atoms with Crippen LogP contribution in [0, 0.1) is 0 Å². The van der Waals surface area contributed by atoms with Gasteiger partial charge in [0.2, 0.25) is 11.7 Å². The van der Waals surface area contributed by atoms with Crippen molar-refractivity contribution in [3.63, 3.8) is 0 Å². The summed E-state index contributed by atoms with van der Waals surface area (Å²) in [7, 11) is 4.13. The SMILES string of the molecule is COc1cc(O[C@@H]2O[C@H](CO)[C@H](O)[C@H](O)[C@H]2O[C@@H]2O[C@H](CO)[C@@H](O)[C@H](O)[C@H]2O)cc2c(=O)c3c(OC)ccc(OC)c3oc12. The third-order valence-corrected chi connectivity index (χ3v) is 7.66. The van der Waals surface area contributed by atoms with Crippen molar-refractivity contribution in [2.24, 2.45) is 0 Å². The van der Waals surface area contributed by atoms with Crippen molar-refractivity contribution in [3.05, 3.63) is 34.5 Å². The highest BCUT2D eigenvalue weighted by molar-refractivity contribution is 5.98. The maximum Gasteiger partial charge on any atom is 0.229 e. The van der Waals surface area contributed by atoms with Crippen molar-refractivity contribution >= 4 is 21.9 Å². The second kappa shape index (κ2) is 13.0. The number of aliphatic hydroxyl groups excluding tert-OH is 7. The van der Waals surface area contributed by atoms with Crippen LogP contribution in [0.15, 0.2) is 33.5 Å². The fourth-order valence-electron chi connectivity index (χ4n) is 5.26. The van der Waals surface area contributed by atoms with Gasteiger partial charge in [0, 0.05) is 6.07 Å². The molecule has 0 bridgehead atoms. The van der Waals surface area contributed by atoms with Gasteiger partial charge in [0.05, 0.1) is 39.9 Å². The van der Waals surface area contributed by atoms with Gasteiger partial charge in [0.15, 0.2) is 35.1 Å². The summed E-state index contributed by atoms with van der Waals surface area (Å²) in [6, 6.07) is 5.78. The van der Waals surface area contributed by atoms with Gasteiger partial charge in [-0.25, -0.2) is 0 Å². The molecule has 5 rings (SSSR count). The highest BCUT2D eigenvalue weighted by Crippen LogP contribution is 2.39. The minimum absolute atomic E-state index is 0.0000872. The Balaban J connectivity index is 1.55. The molecule has 44 heavy (non-hydrogen) atoms. The smallest absolute Gasteiger partial charge is 0.229 e. The fourth-order valence-corrected chi connectivity index (χ4v) is 5.26. The van der Waals surface area contributed by atoms with Crippen LogP contribution in [0.25, 0.3) is 21.9 Å². The maximum absolute atomic E-state index is 13.7. The highest BCUT2D eigenvalue weighted by Gasteiger charge is 2.51. The number of ether oxygens (including phenoxy) is 7. The molecule has 0 amide bonds. The number of aliphatic hydroxyl groups is 7. The lowest BCUT2D eigenvalue weighted by atomic mass is 9.97. The largest absolute Gasteiger partial charge is 0.496 e. The Labute approximate surface area is 249 Å². The normalized spacial score (nSPS) is 32.5. The van der Waals surface area contributed by atoms with Crippen molar-refractivity contribution in [2.45, 2.75) is 61.4 Å². The van der Waals surface area contributed by atoms with E-state index in [0.29, 0.717) is 0 Å². The lowest BCUT2D eigenvalue weighted by Crippen LogP contribution is -2.65. The van der Waals surface area contributed by atoms with Gasteiger partial charge in [0.25, 0.3) is 0 Å².